The lowest BCUT2D eigenvalue weighted by Gasteiger charge is -2.13. The monoisotopic (exact) mass is 412 g/mol. The summed E-state index contributed by atoms with van der Waals surface area (Å²) in [6.45, 7) is 1.80. The number of amides is 1. The van der Waals surface area contributed by atoms with Gasteiger partial charge in [0.05, 0.1) is 10.6 Å². The quantitative estimate of drug-likeness (QED) is 0.572. The van der Waals surface area contributed by atoms with Crippen molar-refractivity contribution in [1.29, 1.82) is 0 Å². The van der Waals surface area contributed by atoms with Gasteiger partial charge in [0, 0.05) is 16.1 Å². The molecule has 1 amide bonds. The molecule has 3 rings (SSSR count). The summed E-state index contributed by atoms with van der Waals surface area (Å²) in [6.07, 6.45) is 1.97. The van der Waals surface area contributed by atoms with Crippen LogP contribution in [0.3, 0.4) is 0 Å². The molecule has 0 aromatic heterocycles. The van der Waals surface area contributed by atoms with Crippen LogP contribution in [-0.2, 0) is 10.0 Å². The maximum atomic E-state index is 12.6. The first kappa shape index (κ1) is 20.0. The van der Waals surface area contributed by atoms with E-state index in [4.69, 9.17) is 0 Å². The molecule has 0 atom stereocenters. The van der Waals surface area contributed by atoms with E-state index in [2.05, 4.69) is 10.0 Å². The normalized spacial score (nSPS) is 11.1. The molecule has 3 aromatic carbocycles. The van der Waals surface area contributed by atoms with Gasteiger partial charge in [-0.25, -0.2) is 8.42 Å². The fourth-order valence-corrected chi connectivity index (χ4v) is 4.11. The van der Waals surface area contributed by atoms with Gasteiger partial charge in [0.1, 0.15) is 0 Å². The van der Waals surface area contributed by atoms with Crippen molar-refractivity contribution in [2.75, 3.05) is 16.3 Å². The second-order valence-corrected chi connectivity index (χ2v) is 8.69. The lowest BCUT2D eigenvalue weighted by molar-refractivity contribution is 0.102. The number of thioether (sulfide) groups is 1. The van der Waals surface area contributed by atoms with Crippen molar-refractivity contribution in [3.05, 3.63) is 83.9 Å². The summed E-state index contributed by atoms with van der Waals surface area (Å²) >= 11 is 1.60. The Labute approximate surface area is 169 Å². The third-order valence-electron chi connectivity index (χ3n) is 4.15. The Bertz CT molecular complexity index is 1080. The molecule has 2 N–H and O–H groups in total. The van der Waals surface area contributed by atoms with Gasteiger partial charge >= 0.3 is 0 Å². The second kappa shape index (κ2) is 8.50. The minimum atomic E-state index is -3.71. The van der Waals surface area contributed by atoms with Crippen LogP contribution in [0.15, 0.2) is 82.6 Å². The lowest BCUT2D eigenvalue weighted by atomic mass is 10.1. The average Bonchev–Trinajstić information content (AvgIpc) is 2.71. The van der Waals surface area contributed by atoms with Gasteiger partial charge in [0.25, 0.3) is 15.9 Å². The Kier molecular flexibility index (Phi) is 6.06. The zero-order valence-corrected chi connectivity index (χ0v) is 17.1. The molecule has 5 nitrogen and oxygen atoms in total. The zero-order valence-electron chi connectivity index (χ0n) is 15.5. The van der Waals surface area contributed by atoms with E-state index in [0.29, 0.717) is 16.9 Å². The summed E-state index contributed by atoms with van der Waals surface area (Å²) in [6, 6.07) is 20.5. The van der Waals surface area contributed by atoms with Gasteiger partial charge in [-0.15, -0.1) is 11.8 Å². The van der Waals surface area contributed by atoms with Gasteiger partial charge in [0.15, 0.2) is 0 Å². The van der Waals surface area contributed by atoms with Crippen molar-refractivity contribution in [2.24, 2.45) is 0 Å². The number of sulfonamides is 1. The summed E-state index contributed by atoms with van der Waals surface area (Å²) in [4.78, 5) is 13.7. The molecule has 28 heavy (non-hydrogen) atoms. The van der Waals surface area contributed by atoms with Gasteiger partial charge < -0.3 is 5.32 Å². The Morgan fingerprint density at radius 3 is 2.25 bits per heavy atom. The molecule has 0 unspecified atom stereocenters. The molecule has 7 heteroatoms. The number of nitrogens with one attached hydrogen (secondary N) is 2. The summed E-state index contributed by atoms with van der Waals surface area (Å²) in [5.41, 5.74) is 2.21. The molecule has 0 saturated heterocycles. The van der Waals surface area contributed by atoms with Gasteiger partial charge in [-0.2, -0.15) is 0 Å². The predicted molar refractivity (Wildman–Crippen MR) is 115 cm³/mol. The highest BCUT2D eigenvalue weighted by Crippen LogP contribution is 2.24. The minimum Gasteiger partial charge on any atom is -0.322 e. The van der Waals surface area contributed by atoms with Crippen molar-refractivity contribution in [3.8, 4) is 0 Å². The average molecular weight is 413 g/mol. The molecule has 0 aliphatic rings. The maximum Gasteiger partial charge on any atom is 0.261 e. The third-order valence-corrected chi connectivity index (χ3v) is 6.27. The smallest absolute Gasteiger partial charge is 0.261 e. The first-order valence-corrected chi connectivity index (χ1v) is 11.2. The summed E-state index contributed by atoms with van der Waals surface area (Å²) in [5.74, 6) is -0.256. The number of anilines is 2. The number of rotatable bonds is 6. The predicted octanol–water partition coefficient (Wildman–Crippen LogP) is 4.77. The highest BCUT2D eigenvalue weighted by atomic mass is 32.2. The molecule has 0 spiro atoms. The maximum absolute atomic E-state index is 12.6. The third kappa shape index (κ3) is 4.74. The van der Waals surface area contributed by atoms with Gasteiger partial charge in [-0.1, -0.05) is 24.3 Å². The molecule has 0 fully saturated rings. The van der Waals surface area contributed by atoms with Crippen molar-refractivity contribution >= 4 is 39.1 Å². The number of hydrogen-bond donors (Lipinski definition) is 2. The molecule has 0 aliphatic heterocycles. The van der Waals surface area contributed by atoms with Crippen molar-refractivity contribution in [1.82, 2.24) is 0 Å². The van der Waals surface area contributed by atoms with E-state index in [0.717, 1.165) is 10.5 Å². The van der Waals surface area contributed by atoms with Crippen molar-refractivity contribution in [3.63, 3.8) is 0 Å². The number of aryl methyl sites for hydroxylation is 1. The Balaban J connectivity index is 1.80. The SMILES string of the molecule is CSc1ccc(C(=O)Nc2ccc(C)c(NS(=O)(=O)c3ccccc3)c2)cc1. The summed E-state index contributed by atoms with van der Waals surface area (Å²) in [7, 11) is -3.71. The van der Waals surface area contributed by atoms with Crippen LogP contribution in [0.25, 0.3) is 0 Å². The van der Waals surface area contributed by atoms with E-state index in [1.165, 1.54) is 12.1 Å². The zero-order chi connectivity index (χ0) is 20.1. The molecular formula is C21H20N2O3S2. The minimum absolute atomic E-state index is 0.178. The number of hydrogen-bond acceptors (Lipinski definition) is 4. The Morgan fingerprint density at radius 1 is 0.929 bits per heavy atom. The lowest BCUT2D eigenvalue weighted by Crippen LogP contribution is -2.15. The molecule has 0 aliphatic carbocycles. The molecular weight excluding hydrogens is 392 g/mol. The molecule has 3 aromatic rings. The van der Waals surface area contributed by atoms with Crippen LogP contribution in [-0.4, -0.2) is 20.6 Å². The van der Waals surface area contributed by atoms with E-state index in [-0.39, 0.29) is 10.8 Å². The fraction of sp³-hybridized carbons (Fsp3) is 0.0952. The van der Waals surface area contributed by atoms with Gasteiger partial charge in [0.2, 0.25) is 0 Å². The van der Waals surface area contributed by atoms with E-state index in [9.17, 15) is 13.2 Å². The summed E-state index contributed by atoms with van der Waals surface area (Å²) in [5, 5.41) is 2.81. The molecule has 0 heterocycles. The van der Waals surface area contributed by atoms with E-state index in [1.54, 1.807) is 67.2 Å². The Morgan fingerprint density at radius 2 is 1.61 bits per heavy atom. The van der Waals surface area contributed by atoms with E-state index in [1.807, 2.05) is 18.4 Å². The standard InChI is InChI=1S/C21H20N2O3S2/c1-15-8-11-17(22-21(24)16-9-12-18(27-2)13-10-16)14-20(15)23-28(25,26)19-6-4-3-5-7-19/h3-14,23H,1-2H3,(H,22,24). The van der Waals surface area contributed by atoms with Gasteiger partial charge in [-0.05, 0) is 67.3 Å². The van der Waals surface area contributed by atoms with Crippen LogP contribution in [0.2, 0.25) is 0 Å². The molecule has 0 saturated carbocycles. The molecule has 144 valence electrons. The van der Waals surface area contributed by atoms with E-state index >= 15 is 0 Å². The highest BCUT2D eigenvalue weighted by Gasteiger charge is 2.15. The molecule has 0 bridgehead atoms. The first-order chi connectivity index (χ1) is 13.4. The highest BCUT2D eigenvalue weighted by molar-refractivity contribution is 7.98. The fourth-order valence-electron chi connectivity index (χ4n) is 2.56. The van der Waals surface area contributed by atoms with Crippen molar-refractivity contribution in [2.45, 2.75) is 16.7 Å². The molecule has 0 radical (unpaired) electrons. The van der Waals surface area contributed by atoms with Gasteiger partial charge in [-0.3, -0.25) is 9.52 Å². The van der Waals surface area contributed by atoms with Crippen LogP contribution in [0, 0.1) is 6.92 Å². The summed E-state index contributed by atoms with van der Waals surface area (Å²) < 4.78 is 27.7. The Hall–Kier alpha value is -2.77. The number of carbonyl (C=O) groups excluding carboxylic acids is 1. The van der Waals surface area contributed by atoms with Crippen LogP contribution >= 0.6 is 11.8 Å². The van der Waals surface area contributed by atoms with Crippen LogP contribution in [0.5, 0.6) is 0 Å². The van der Waals surface area contributed by atoms with Crippen LogP contribution in [0.1, 0.15) is 15.9 Å². The second-order valence-electron chi connectivity index (χ2n) is 6.13. The van der Waals surface area contributed by atoms with Crippen LogP contribution in [0.4, 0.5) is 11.4 Å². The number of benzene rings is 3. The van der Waals surface area contributed by atoms with Crippen LogP contribution < -0.4 is 10.0 Å². The first-order valence-electron chi connectivity index (χ1n) is 8.53. The van der Waals surface area contributed by atoms with Crippen molar-refractivity contribution < 1.29 is 13.2 Å². The largest absolute Gasteiger partial charge is 0.322 e. The number of carbonyl (C=O) groups is 1. The topological polar surface area (TPSA) is 75.3 Å². The van der Waals surface area contributed by atoms with E-state index < -0.39 is 10.0 Å².